The van der Waals surface area contributed by atoms with E-state index in [1.807, 2.05) is 0 Å². The summed E-state index contributed by atoms with van der Waals surface area (Å²) < 4.78 is 26.8. The quantitative estimate of drug-likeness (QED) is 0.898. The minimum atomic E-state index is -0.524. The molecule has 0 aliphatic heterocycles. The Kier molecular flexibility index (Phi) is 3.22. The van der Waals surface area contributed by atoms with Crippen molar-refractivity contribution in [3.05, 3.63) is 41.6 Å². The molecule has 1 aromatic carbocycles. The van der Waals surface area contributed by atoms with Crippen molar-refractivity contribution in [3.63, 3.8) is 0 Å². The summed E-state index contributed by atoms with van der Waals surface area (Å²) in [6.45, 7) is 0. The SMILES string of the molecule is CNc1nc(Nc2cc(F)ccc2F)cc(C2CC2)n1. The lowest BCUT2D eigenvalue weighted by Crippen LogP contribution is -2.04. The maximum absolute atomic E-state index is 13.6. The zero-order chi connectivity index (χ0) is 14.1. The summed E-state index contributed by atoms with van der Waals surface area (Å²) in [6, 6.07) is 5.05. The Morgan fingerprint density at radius 1 is 1.15 bits per heavy atom. The van der Waals surface area contributed by atoms with Crippen LogP contribution in [-0.4, -0.2) is 17.0 Å². The van der Waals surface area contributed by atoms with Crippen molar-refractivity contribution in [1.29, 1.82) is 0 Å². The maximum atomic E-state index is 13.6. The van der Waals surface area contributed by atoms with Crippen LogP contribution in [0.25, 0.3) is 0 Å². The van der Waals surface area contributed by atoms with Gasteiger partial charge in [-0.2, -0.15) is 4.98 Å². The standard InChI is InChI=1S/C14H14F2N4/c1-17-14-19-11(8-2-3-8)7-13(20-14)18-12-6-9(15)4-5-10(12)16/h4-8H,2-3H2,1H3,(H2,17,18,19,20). The average molecular weight is 276 g/mol. The summed E-state index contributed by atoms with van der Waals surface area (Å²) in [7, 11) is 1.72. The summed E-state index contributed by atoms with van der Waals surface area (Å²) in [6.07, 6.45) is 2.21. The van der Waals surface area contributed by atoms with Gasteiger partial charge in [0.2, 0.25) is 5.95 Å². The summed E-state index contributed by atoms with van der Waals surface area (Å²) in [5.74, 6) is 0.343. The summed E-state index contributed by atoms with van der Waals surface area (Å²) in [4.78, 5) is 8.57. The number of nitrogens with one attached hydrogen (secondary N) is 2. The number of anilines is 3. The van der Waals surface area contributed by atoms with Crippen molar-refractivity contribution in [2.24, 2.45) is 0 Å². The van der Waals surface area contributed by atoms with Gasteiger partial charge in [-0.25, -0.2) is 13.8 Å². The molecule has 1 aliphatic carbocycles. The minimum Gasteiger partial charge on any atom is -0.357 e. The number of rotatable bonds is 4. The highest BCUT2D eigenvalue weighted by Gasteiger charge is 2.26. The molecule has 1 heterocycles. The Balaban J connectivity index is 1.93. The van der Waals surface area contributed by atoms with Crippen LogP contribution in [0.1, 0.15) is 24.5 Å². The van der Waals surface area contributed by atoms with Gasteiger partial charge in [0.05, 0.1) is 11.4 Å². The molecule has 104 valence electrons. The molecular formula is C14H14F2N4. The van der Waals surface area contributed by atoms with E-state index >= 15 is 0 Å². The van der Waals surface area contributed by atoms with E-state index in [1.54, 1.807) is 13.1 Å². The monoisotopic (exact) mass is 276 g/mol. The highest BCUT2D eigenvalue weighted by atomic mass is 19.1. The van der Waals surface area contributed by atoms with Crippen LogP contribution in [0.15, 0.2) is 24.3 Å². The van der Waals surface area contributed by atoms with E-state index in [4.69, 9.17) is 0 Å². The lowest BCUT2D eigenvalue weighted by Gasteiger charge is -2.10. The zero-order valence-electron chi connectivity index (χ0n) is 11.0. The molecule has 20 heavy (non-hydrogen) atoms. The van der Waals surface area contributed by atoms with Crippen LogP contribution >= 0.6 is 0 Å². The Hall–Kier alpha value is -2.24. The normalized spacial score (nSPS) is 14.2. The number of aromatic nitrogens is 2. The molecule has 0 radical (unpaired) electrons. The third-order valence-electron chi connectivity index (χ3n) is 3.16. The fraction of sp³-hybridized carbons (Fsp3) is 0.286. The van der Waals surface area contributed by atoms with Gasteiger partial charge in [0.15, 0.2) is 0 Å². The molecular weight excluding hydrogens is 262 g/mol. The first-order valence-electron chi connectivity index (χ1n) is 6.44. The molecule has 2 N–H and O–H groups in total. The van der Waals surface area contributed by atoms with Gasteiger partial charge in [-0.1, -0.05) is 0 Å². The maximum Gasteiger partial charge on any atom is 0.224 e. The second-order valence-electron chi connectivity index (χ2n) is 4.78. The highest BCUT2D eigenvalue weighted by molar-refractivity contribution is 5.58. The fourth-order valence-corrected chi connectivity index (χ4v) is 1.96. The Morgan fingerprint density at radius 3 is 2.65 bits per heavy atom. The van der Waals surface area contributed by atoms with Gasteiger partial charge >= 0.3 is 0 Å². The highest BCUT2D eigenvalue weighted by Crippen LogP contribution is 2.40. The Labute approximate surface area is 115 Å². The molecule has 1 aliphatic rings. The fourth-order valence-electron chi connectivity index (χ4n) is 1.96. The lowest BCUT2D eigenvalue weighted by molar-refractivity contribution is 0.603. The van der Waals surface area contributed by atoms with Gasteiger partial charge in [-0.05, 0) is 25.0 Å². The minimum absolute atomic E-state index is 0.0625. The third kappa shape index (κ3) is 2.68. The molecule has 0 amide bonds. The Bertz CT molecular complexity index is 641. The molecule has 3 rings (SSSR count). The van der Waals surface area contributed by atoms with Crippen LogP contribution in [0.5, 0.6) is 0 Å². The molecule has 0 unspecified atom stereocenters. The molecule has 1 fully saturated rings. The van der Waals surface area contributed by atoms with E-state index < -0.39 is 11.6 Å². The summed E-state index contributed by atoms with van der Waals surface area (Å²) >= 11 is 0. The molecule has 2 aromatic rings. The van der Waals surface area contributed by atoms with Crippen LogP contribution in [0.4, 0.5) is 26.2 Å². The first kappa shape index (κ1) is 12.8. The number of halogens is 2. The van der Waals surface area contributed by atoms with E-state index in [0.29, 0.717) is 17.7 Å². The van der Waals surface area contributed by atoms with Gasteiger partial charge < -0.3 is 10.6 Å². The van der Waals surface area contributed by atoms with Crippen LogP contribution < -0.4 is 10.6 Å². The van der Waals surface area contributed by atoms with E-state index in [-0.39, 0.29) is 5.69 Å². The second-order valence-corrected chi connectivity index (χ2v) is 4.78. The molecule has 0 bridgehead atoms. The molecule has 1 saturated carbocycles. The van der Waals surface area contributed by atoms with Crippen molar-refractivity contribution in [2.75, 3.05) is 17.7 Å². The smallest absolute Gasteiger partial charge is 0.224 e. The molecule has 0 saturated heterocycles. The van der Waals surface area contributed by atoms with E-state index in [9.17, 15) is 8.78 Å². The lowest BCUT2D eigenvalue weighted by atomic mass is 10.2. The van der Waals surface area contributed by atoms with E-state index in [0.717, 1.165) is 36.7 Å². The largest absolute Gasteiger partial charge is 0.357 e. The number of hydrogen-bond donors (Lipinski definition) is 2. The molecule has 6 heteroatoms. The first-order valence-corrected chi connectivity index (χ1v) is 6.44. The number of nitrogens with zero attached hydrogens (tertiary/aromatic N) is 2. The molecule has 1 aromatic heterocycles. The van der Waals surface area contributed by atoms with Gasteiger partial charge in [0, 0.05) is 25.1 Å². The number of hydrogen-bond acceptors (Lipinski definition) is 4. The Morgan fingerprint density at radius 2 is 1.95 bits per heavy atom. The molecule has 4 nitrogen and oxygen atoms in total. The van der Waals surface area contributed by atoms with Crippen LogP contribution in [0, 0.1) is 11.6 Å². The van der Waals surface area contributed by atoms with Crippen molar-refractivity contribution in [1.82, 2.24) is 9.97 Å². The van der Waals surface area contributed by atoms with Gasteiger partial charge in [0.25, 0.3) is 0 Å². The van der Waals surface area contributed by atoms with Crippen LogP contribution in [0.2, 0.25) is 0 Å². The van der Waals surface area contributed by atoms with Crippen molar-refractivity contribution >= 4 is 17.5 Å². The predicted octanol–water partition coefficient (Wildman–Crippen LogP) is 3.42. The predicted molar refractivity (Wildman–Crippen MR) is 73.2 cm³/mol. The van der Waals surface area contributed by atoms with Crippen molar-refractivity contribution in [3.8, 4) is 0 Å². The van der Waals surface area contributed by atoms with Gasteiger partial charge in [0.1, 0.15) is 17.5 Å². The second kappa shape index (κ2) is 5.03. The molecule has 0 atom stereocenters. The van der Waals surface area contributed by atoms with Crippen LogP contribution in [-0.2, 0) is 0 Å². The van der Waals surface area contributed by atoms with E-state index in [1.165, 1.54) is 0 Å². The van der Waals surface area contributed by atoms with Crippen LogP contribution in [0.3, 0.4) is 0 Å². The summed E-state index contributed by atoms with van der Waals surface area (Å²) in [5.41, 5.74) is 0.983. The van der Waals surface area contributed by atoms with E-state index in [2.05, 4.69) is 20.6 Å². The molecule has 0 spiro atoms. The van der Waals surface area contributed by atoms with Crippen molar-refractivity contribution in [2.45, 2.75) is 18.8 Å². The van der Waals surface area contributed by atoms with Gasteiger partial charge in [-0.15, -0.1) is 0 Å². The van der Waals surface area contributed by atoms with Crippen molar-refractivity contribution < 1.29 is 8.78 Å². The summed E-state index contributed by atoms with van der Waals surface area (Å²) in [5, 5.41) is 5.68. The van der Waals surface area contributed by atoms with Gasteiger partial charge in [-0.3, -0.25) is 0 Å². The topological polar surface area (TPSA) is 49.8 Å². The average Bonchev–Trinajstić information content (AvgIpc) is 3.27. The zero-order valence-corrected chi connectivity index (χ0v) is 11.0. The number of benzene rings is 1. The first-order chi connectivity index (χ1) is 9.65. The third-order valence-corrected chi connectivity index (χ3v) is 3.16.